The third-order valence-electron chi connectivity index (χ3n) is 4.11. The summed E-state index contributed by atoms with van der Waals surface area (Å²) in [5.41, 5.74) is 3.37. The average molecular weight is 231 g/mol. The summed E-state index contributed by atoms with van der Waals surface area (Å²) in [6, 6.07) is 9.86. The summed E-state index contributed by atoms with van der Waals surface area (Å²) in [7, 11) is 0. The van der Waals surface area contributed by atoms with Gasteiger partial charge in [-0.05, 0) is 49.7 Å². The minimum atomic E-state index is 0.468. The lowest BCUT2D eigenvalue weighted by molar-refractivity contribution is 0.356. The van der Waals surface area contributed by atoms with E-state index in [1.54, 1.807) is 0 Å². The number of nitrogens with one attached hydrogen (secondary N) is 1. The van der Waals surface area contributed by atoms with Crippen LogP contribution in [0.3, 0.4) is 0 Å². The monoisotopic (exact) mass is 231 g/mol. The van der Waals surface area contributed by atoms with Crippen LogP contribution >= 0.6 is 0 Å². The van der Waals surface area contributed by atoms with Gasteiger partial charge >= 0.3 is 0 Å². The Morgan fingerprint density at radius 2 is 2.00 bits per heavy atom. The molecule has 2 unspecified atom stereocenters. The third-order valence-corrected chi connectivity index (χ3v) is 4.11. The zero-order valence-electron chi connectivity index (χ0n) is 11.6. The topological polar surface area (TPSA) is 12.0 Å². The Labute approximate surface area is 106 Å². The molecule has 1 aliphatic carbocycles. The lowest BCUT2D eigenvalue weighted by atomic mass is 9.91. The summed E-state index contributed by atoms with van der Waals surface area (Å²) in [6.45, 7) is 9.25. The van der Waals surface area contributed by atoms with E-state index in [0.29, 0.717) is 17.5 Å². The molecule has 1 nitrogen and oxygen atoms in total. The van der Waals surface area contributed by atoms with E-state index < -0.39 is 0 Å². The predicted octanol–water partition coefficient (Wildman–Crippen LogP) is 4.22. The Morgan fingerprint density at radius 3 is 2.59 bits per heavy atom. The van der Waals surface area contributed by atoms with Crippen LogP contribution in [0.1, 0.15) is 57.2 Å². The first-order valence-electron chi connectivity index (χ1n) is 6.79. The number of rotatable bonds is 3. The first kappa shape index (κ1) is 12.6. The quantitative estimate of drug-likeness (QED) is 0.821. The van der Waals surface area contributed by atoms with E-state index in [0.717, 1.165) is 0 Å². The van der Waals surface area contributed by atoms with Gasteiger partial charge in [0.05, 0.1) is 0 Å². The summed E-state index contributed by atoms with van der Waals surface area (Å²) in [4.78, 5) is 0. The largest absolute Gasteiger partial charge is 0.307 e. The number of aryl methyl sites for hydroxylation is 1. The van der Waals surface area contributed by atoms with Crippen LogP contribution in [0.15, 0.2) is 24.3 Å². The van der Waals surface area contributed by atoms with Gasteiger partial charge in [0.15, 0.2) is 0 Å². The van der Waals surface area contributed by atoms with Gasteiger partial charge in [0.2, 0.25) is 0 Å². The summed E-state index contributed by atoms with van der Waals surface area (Å²) in [6.07, 6.45) is 3.98. The minimum Gasteiger partial charge on any atom is -0.307 e. The van der Waals surface area contributed by atoms with E-state index in [-0.39, 0.29) is 0 Å². The van der Waals surface area contributed by atoms with E-state index in [4.69, 9.17) is 0 Å². The van der Waals surface area contributed by atoms with Gasteiger partial charge in [-0.2, -0.15) is 0 Å². The van der Waals surface area contributed by atoms with Gasteiger partial charge in [-0.25, -0.2) is 0 Å². The van der Waals surface area contributed by atoms with Gasteiger partial charge in [0.1, 0.15) is 0 Å². The number of benzene rings is 1. The Hall–Kier alpha value is -0.820. The number of hydrogen-bond donors (Lipinski definition) is 1. The normalized spacial score (nSPS) is 24.8. The molecule has 1 fully saturated rings. The molecule has 0 saturated heterocycles. The van der Waals surface area contributed by atoms with Crippen molar-refractivity contribution in [3.8, 4) is 0 Å². The maximum atomic E-state index is 3.79. The molecular weight excluding hydrogens is 206 g/mol. The van der Waals surface area contributed by atoms with Crippen molar-refractivity contribution >= 4 is 0 Å². The van der Waals surface area contributed by atoms with E-state index in [2.05, 4.69) is 57.3 Å². The molecule has 1 N–H and O–H groups in total. The van der Waals surface area contributed by atoms with Gasteiger partial charge in [0.25, 0.3) is 0 Å². The SMILES string of the molecule is Cc1ccccc1C(C)NC1CCC(C)(C)C1. The lowest BCUT2D eigenvalue weighted by Crippen LogP contribution is -2.30. The molecule has 1 saturated carbocycles. The standard InChI is InChI=1S/C16H25N/c1-12-7-5-6-8-15(12)13(2)17-14-9-10-16(3,4)11-14/h5-8,13-14,17H,9-11H2,1-4H3. The van der Waals surface area contributed by atoms with Gasteiger partial charge in [-0.15, -0.1) is 0 Å². The van der Waals surface area contributed by atoms with Crippen LogP contribution in [0.2, 0.25) is 0 Å². The fraction of sp³-hybridized carbons (Fsp3) is 0.625. The molecule has 0 amide bonds. The minimum absolute atomic E-state index is 0.468. The van der Waals surface area contributed by atoms with Crippen LogP contribution in [-0.4, -0.2) is 6.04 Å². The number of hydrogen-bond acceptors (Lipinski definition) is 1. The molecule has 94 valence electrons. The smallest absolute Gasteiger partial charge is 0.0296 e. The summed E-state index contributed by atoms with van der Waals surface area (Å²) < 4.78 is 0. The molecule has 0 radical (unpaired) electrons. The molecule has 0 heterocycles. The van der Waals surface area contributed by atoms with Crippen molar-refractivity contribution in [2.24, 2.45) is 5.41 Å². The zero-order valence-corrected chi connectivity index (χ0v) is 11.6. The Kier molecular flexibility index (Phi) is 3.58. The van der Waals surface area contributed by atoms with Crippen molar-refractivity contribution in [2.45, 2.75) is 59.0 Å². The maximum Gasteiger partial charge on any atom is 0.0296 e. The summed E-state index contributed by atoms with van der Waals surface area (Å²) in [5.74, 6) is 0. The van der Waals surface area contributed by atoms with Gasteiger partial charge in [0, 0.05) is 12.1 Å². The van der Waals surface area contributed by atoms with Crippen molar-refractivity contribution in [3.05, 3.63) is 35.4 Å². The zero-order chi connectivity index (χ0) is 12.5. The molecule has 1 heteroatoms. The van der Waals surface area contributed by atoms with Crippen LogP contribution in [0.5, 0.6) is 0 Å². The fourth-order valence-electron chi connectivity index (χ4n) is 3.09. The Bertz CT molecular complexity index is 381. The molecule has 0 spiro atoms. The second-order valence-electron chi connectivity index (χ2n) is 6.35. The summed E-state index contributed by atoms with van der Waals surface area (Å²) >= 11 is 0. The van der Waals surface area contributed by atoms with Crippen LogP contribution in [0, 0.1) is 12.3 Å². The van der Waals surface area contributed by atoms with Crippen molar-refractivity contribution in [2.75, 3.05) is 0 Å². The fourth-order valence-corrected chi connectivity index (χ4v) is 3.09. The van der Waals surface area contributed by atoms with Gasteiger partial charge in [-0.3, -0.25) is 0 Å². The predicted molar refractivity (Wildman–Crippen MR) is 74.1 cm³/mol. The first-order chi connectivity index (χ1) is 7.98. The molecule has 2 rings (SSSR count). The van der Waals surface area contributed by atoms with Crippen LogP contribution in [-0.2, 0) is 0 Å². The van der Waals surface area contributed by atoms with E-state index in [1.165, 1.54) is 30.4 Å². The van der Waals surface area contributed by atoms with Crippen molar-refractivity contribution in [1.82, 2.24) is 5.32 Å². The van der Waals surface area contributed by atoms with E-state index in [1.807, 2.05) is 0 Å². The Morgan fingerprint density at radius 1 is 1.29 bits per heavy atom. The highest BCUT2D eigenvalue weighted by Gasteiger charge is 2.31. The molecule has 1 aromatic carbocycles. The van der Waals surface area contributed by atoms with Crippen LogP contribution in [0.4, 0.5) is 0 Å². The van der Waals surface area contributed by atoms with Gasteiger partial charge in [-0.1, -0.05) is 38.1 Å². The lowest BCUT2D eigenvalue weighted by Gasteiger charge is -2.23. The molecule has 17 heavy (non-hydrogen) atoms. The molecule has 1 aliphatic rings. The van der Waals surface area contributed by atoms with Gasteiger partial charge < -0.3 is 5.32 Å². The molecule has 0 aromatic heterocycles. The average Bonchev–Trinajstić information content (AvgIpc) is 2.58. The first-order valence-corrected chi connectivity index (χ1v) is 6.79. The van der Waals surface area contributed by atoms with Crippen molar-refractivity contribution in [3.63, 3.8) is 0 Å². The van der Waals surface area contributed by atoms with E-state index in [9.17, 15) is 0 Å². The van der Waals surface area contributed by atoms with Crippen LogP contribution < -0.4 is 5.32 Å². The second kappa shape index (κ2) is 4.81. The van der Waals surface area contributed by atoms with Crippen molar-refractivity contribution in [1.29, 1.82) is 0 Å². The highest BCUT2D eigenvalue weighted by molar-refractivity contribution is 5.28. The molecule has 2 atom stereocenters. The van der Waals surface area contributed by atoms with Crippen LogP contribution in [0.25, 0.3) is 0 Å². The Balaban J connectivity index is 1.99. The third kappa shape index (κ3) is 3.10. The van der Waals surface area contributed by atoms with E-state index >= 15 is 0 Å². The highest BCUT2D eigenvalue weighted by atomic mass is 15.0. The van der Waals surface area contributed by atoms with Crippen molar-refractivity contribution < 1.29 is 0 Å². The molecule has 0 bridgehead atoms. The molecule has 0 aliphatic heterocycles. The molecule has 1 aromatic rings. The molecular formula is C16H25N. The summed E-state index contributed by atoms with van der Waals surface area (Å²) in [5, 5.41) is 3.79. The highest BCUT2D eigenvalue weighted by Crippen LogP contribution is 2.37. The maximum absolute atomic E-state index is 3.79. The second-order valence-corrected chi connectivity index (χ2v) is 6.35.